The average molecular weight is 843 g/mol. The molecule has 1 aliphatic rings. The molecule has 11 aromatic rings. The van der Waals surface area contributed by atoms with Crippen molar-refractivity contribution in [2.24, 2.45) is 0 Å². The zero-order valence-electron chi connectivity index (χ0n) is 36.0. The Morgan fingerprint density at radius 3 is 1.44 bits per heavy atom. The smallest absolute Gasteiger partial charge is 0.164 e. The van der Waals surface area contributed by atoms with Gasteiger partial charge in [-0.05, 0) is 86.3 Å². The molecule has 0 fully saturated rings. The highest BCUT2D eigenvalue weighted by Crippen LogP contribution is 2.57. The summed E-state index contributed by atoms with van der Waals surface area (Å²) in [6.07, 6.45) is 0. The van der Waals surface area contributed by atoms with E-state index in [-0.39, 0.29) is 0 Å². The van der Waals surface area contributed by atoms with Crippen molar-refractivity contribution in [2.45, 2.75) is 5.41 Å². The Kier molecular flexibility index (Phi) is 9.69. The van der Waals surface area contributed by atoms with E-state index >= 15 is 0 Å². The van der Waals surface area contributed by atoms with Gasteiger partial charge in [0.05, 0.1) is 11.1 Å². The van der Waals surface area contributed by atoms with Gasteiger partial charge < -0.3 is 4.90 Å². The topological polar surface area (TPSA) is 41.9 Å². The molecule has 4 nitrogen and oxygen atoms in total. The molecule has 66 heavy (non-hydrogen) atoms. The minimum Gasteiger partial charge on any atom is -0.310 e. The second kappa shape index (κ2) is 16.4. The lowest BCUT2D eigenvalue weighted by Crippen LogP contribution is -2.28. The minimum absolute atomic E-state index is 0.613. The van der Waals surface area contributed by atoms with E-state index in [2.05, 4.69) is 223 Å². The van der Waals surface area contributed by atoms with Gasteiger partial charge >= 0.3 is 0 Å². The molecule has 4 heteroatoms. The summed E-state index contributed by atoms with van der Waals surface area (Å²) in [4.78, 5) is 17.6. The third-order valence-electron chi connectivity index (χ3n) is 13.0. The van der Waals surface area contributed by atoms with Gasteiger partial charge in [-0.2, -0.15) is 0 Å². The van der Waals surface area contributed by atoms with Crippen molar-refractivity contribution in [3.63, 3.8) is 0 Å². The quantitative estimate of drug-likeness (QED) is 0.145. The van der Waals surface area contributed by atoms with Crippen LogP contribution in [0.3, 0.4) is 0 Å². The SMILES string of the molecule is c1ccc(-c2nc(-c3ccccc3)nc(-c3ccc4c(c3)C(c3ccccc3)(c3ccc(-c5ccc(N(c6ccccc6)c6cccc7ccccc67)cc5)cc3)c3ccccc3-4)n2)cc1. The zero-order chi connectivity index (χ0) is 43.9. The summed E-state index contributed by atoms with van der Waals surface area (Å²) in [7, 11) is 0. The number of rotatable bonds is 9. The summed E-state index contributed by atoms with van der Waals surface area (Å²) in [5.74, 6) is 1.92. The fraction of sp³-hybridized carbons (Fsp3) is 0.0161. The van der Waals surface area contributed by atoms with Crippen molar-refractivity contribution < 1.29 is 0 Å². The van der Waals surface area contributed by atoms with E-state index in [1.165, 1.54) is 44.2 Å². The highest BCUT2D eigenvalue weighted by molar-refractivity contribution is 5.99. The minimum atomic E-state index is -0.613. The van der Waals surface area contributed by atoms with Crippen LogP contribution in [0.1, 0.15) is 22.3 Å². The number of nitrogens with zero attached hydrogens (tertiary/aromatic N) is 4. The Morgan fingerprint density at radius 2 is 0.773 bits per heavy atom. The lowest BCUT2D eigenvalue weighted by Gasteiger charge is -2.34. The van der Waals surface area contributed by atoms with Crippen molar-refractivity contribution in [3.8, 4) is 56.4 Å². The first-order valence-electron chi connectivity index (χ1n) is 22.4. The lowest BCUT2D eigenvalue weighted by atomic mass is 9.67. The van der Waals surface area contributed by atoms with Gasteiger partial charge in [0.1, 0.15) is 0 Å². The molecule has 12 rings (SSSR count). The first-order chi connectivity index (χ1) is 32.7. The molecule has 0 spiro atoms. The Labute approximate surface area is 384 Å². The summed E-state index contributed by atoms with van der Waals surface area (Å²) < 4.78 is 0. The number of para-hydroxylation sites is 1. The van der Waals surface area contributed by atoms with Crippen LogP contribution in [-0.4, -0.2) is 15.0 Å². The van der Waals surface area contributed by atoms with Crippen LogP contribution in [0.4, 0.5) is 17.1 Å². The van der Waals surface area contributed by atoms with Crippen LogP contribution in [0, 0.1) is 0 Å². The van der Waals surface area contributed by atoms with Crippen molar-refractivity contribution in [2.75, 3.05) is 4.90 Å². The lowest BCUT2D eigenvalue weighted by molar-refractivity contribution is 0.768. The van der Waals surface area contributed by atoms with E-state index in [4.69, 9.17) is 15.0 Å². The molecular formula is C62H42N4. The third kappa shape index (κ3) is 6.67. The fourth-order valence-corrected chi connectivity index (χ4v) is 9.96. The van der Waals surface area contributed by atoms with Gasteiger partial charge in [-0.1, -0.05) is 218 Å². The van der Waals surface area contributed by atoms with Gasteiger partial charge in [-0.25, -0.2) is 15.0 Å². The number of hydrogen-bond acceptors (Lipinski definition) is 4. The highest BCUT2D eigenvalue weighted by Gasteiger charge is 2.46. The van der Waals surface area contributed by atoms with Crippen molar-refractivity contribution in [1.82, 2.24) is 15.0 Å². The molecule has 1 aliphatic carbocycles. The van der Waals surface area contributed by atoms with Gasteiger partial charge in [-0.3, -0.25) is 0 Å². The Balaban J connectivity index is 0.976. The Bertz CT molecular complexity index is 3440. The Hall–Kier alpha value is -8.73. The van der Waals surface area contributed by atoms with E-state index in [1.54, 1.807) is 0 Å². The van der Waals surface area contributed by atoms with Crippen LogP contribution in [0.5, 0.6) is 0 Å². The molecule has 0 saturated heterocycles. The van der Waals surface area contributed by atoms with E-state index in [1.807, 2.05) is 36.4 Å². The molecule has 0 bridgehead atoms. The van der Waals surface area contributed by atoms with Crippen LogP contribution in [0.25, 0.3) is 67.2 Å². The van der Waals surface area contributed by atoms with Crippen LogP contribution in [-0.2, 0) is 5.41 Å². The maximum atomic E-state index is 5.15. The maximum Gasteiger partial charge on any atom is 0.164 e. The van der Waals surface area contributed by atoms with Gasteiger partial charge in [0.15, 0.2) is 17.5 Å². The molecule has 10 aromatic carbocycles. The van der Waals surface area contributed by atoms with Gasteiger partial charge in [0, 0.05) is 33.5 Å². The number of fused-ring (bicyclic) bond motifs is 4. The molecule has 0 saturated carbocycles. The van der Waals surface area contributed by atoms with Gasteiger partial charge in [0.25, 0.3) is 0 Å². The number of anilines is 3. The maximum absolute atomic E-state index is 5.15. The molecule has 0 amide bonds. The summed E-state index contributed by atoms with van der Waals surface area (Å²) in [6.45, 7) is 0. The molecule has 0 aliphatic heterocycles. The van der Waals surface area contributed by atoms with Crippen molar-refractivity contribution >= 4 is 27.8 Å². The second-order valence-corrected chi connectivity index (χ2v) is 16.8. The van der Waals surface area contributed by atoms with E-state index in [0.29, 0.717) is 17.5 Å². The van der Waals surface area contributed by atoms with Crippen LogP contribution in [0.2, 0.25) is 0 Å². The van der Waals surface area contributed by atoms with Gasteiger partial charge in [0.2, 0.25) is 0 Å². The second-order valence-electron chi connectivity index (χ2n) is 16.8. The summed E-state index contributed by atoms with van der Waals surface area (Å²) in [5.41, 5.74) is 15.1. The molecule has 1 atom stereocenters. The first-order valence-corrected chi connectivity index (χ1v) is 22.4. The molecular weight excluding hydrogens is 801 g/mol. The summed E-state index contributed by atoms with van der Waals surface area (Å²) >= 11 is 0. The third-order valence-corrected chi connectivity index (χ3v) is 13.0. The van der Waals surface area contributed by atoms with Crippen LogP contribution < -0.4 is 4.90 Å². The molecule has 0 N–H and O–H groups in total. The molecule has 1 unspecified atom stereocenters. The van der Waals surface area contributed by atoms with Gasteiger partial charge in [-0.15, -0.1) is 0 Å². The van der Waals surface area contributed by atoms with E-state index < -0.39 is 5.41 Å². The summed E-state index contributed by atoms with van der Waals surface area (Å²) in [6, 6.07) is 90.8. The number of hydrogen-bond donors (Lipinski definition) is 0. The van der Waals surface area contributed by atoms with Crippen molar-refractivity contribution in [3.05, 3.63) is 277 Å². The molecule has 1 aromatic heterocycles. The molecule has 1 heterocycles. The monoisotopic (exact) mass is 842 g/mol. The molecule has 310 valence electrons. The predicted octanol–water partition coefficient (Wildman–Crippen LogP) is 15.5. The molecule has 0 radical (unpaired) electrons. The van der Waals surface area contributed by atoms with Crippen LogP contribution >= 0.6 is 0 Å². The number of aromatic nitrogens is 3. The first kappa shape index (κ1) is 38.9. The highest BCUT2D eigenvalue weighted by atomic mass is 15.1. The standard InChI is InChI=1S/C62H42N4/c1-5-19-46(20-6-1)59-63-60(47-21-7-2-8-22-47)65-61(64-59)48-36-41-55-54-29-15-16-30-56(54)62(57(55)42-48,49-24-9-3-10-25-49)50-37-32-43(33-38-50)44-34-39-52(40-35-44)66(51-26-11-4-12-27-51)58-31-17-23-45-18-13-14-28-53(45)58/h1-42H. The van der Waals surface area contributed by atoms with E-state index in [9.17, 15) is 0 Å². The average Bonchev–Trinajstić information content (AvgIpc) is 3.70. The van der Waals surface area contributed by atoms with E-state index in [0.717, 1.165) is 44.9 Å². The van der Waals surface area contributed by atoms with Crippen molar-refractivity contribution in [1.29, 1.82) is 0 Å². The summed E-state index contributed by atoms with van der Waals surface area (Å²) in [5, 5.41) is 2.42. The fourth-order valence-electron chi connectivity index (χ4n) is 9.96. The normalized spacial score (nSPS) is 13.8. The van der Waals surface area contributed by atoms with Crippen LogP contribution in [0.15, 0.2) is 255 Å². The predicted molar refractivity (Wildman–Crippen MR) is 271 cm³/mol. The largest absolute Gasteiger partial charge is 0.310 e. The zero-order valence-corrected chi connectivity index (χ0v) is 36.0. The number of benzene rings is 10. The Morgan fingerprint density at radius 1 is 0.303 bits per heavy atom.